The lowest BCUT2D eigenvalue weighted by atomic mass is 10.0. The van der Waals surface area contributed by atoms with Crippen LogP contribution >= 0.6 is 0 Å². The third-order valence-electron chi connectivity index (χ3n) is 5.28. The molecule has 2 aliphatic rings. The van der Waals surface area contributed by atoms with Crippen molar-refractivity contribution in [2.45, 2.75) is 31.1 Å². The van der Waals surface area contributed by atoms with Crippen molar-refractivity contribution in [3.8, 4) is 17.2 Å². The maximum atomic E-state index is 12.3. The number of amides is 1. The summed E-state index contributed by atoms with van der Waals surface area (Å²) in [5, 5.41) is 13.9. The first-order valence-electron chi connectivity index (χ1n) is 10.0. The fraction of sp³-hybridized carbons (Fsp3) is 0.409. The van der Waals surface area contributed by atoms with E-state index < -0.39 is 12.2 Å². The van der Waals surface area contributed by atoms with Crippen molar-refractivity contribution in [2.24, 2.45) is 0 Å². The highest BCUT2D eigenvalue weighted by Gasteiger charge is 2.29. The molecule has 0 saturated carbocycles. The molecule has 0 aromatic heterocycles. The fourth-order valence-electron chi connectivity index (χ4n) is 3.56. The third kappa shape index (κ3) is 4.99. The minimum Gasteiger partial charge on any atom is -0.486 e. The molecule has 2 unspecified atom stereocenters. The normalized spacial score (nSPS) is 20.2. The number of hydrogen-bond acceptors (Lipinski definition) is 6. The molecular formula is C22H26N2O5. The van der Waals surface area contributed by atoms with Gasteiger partial charge in [-0.2, -0.15) is 0 Å². The van der Waals surface area contributed by atoms with Gasteiger partial charge in [0.15, 0.2) is 17.6 Å². The second-order valence-corrected chi connectivity index (χ2v) is 7.33. The molecule has 2 aliphatic heterocycles. The Hall–Kier alpha value is -2.77. The van der Waals surface area contributed by atoms with Crippen molar-refractivity contribution in [1.29, 1.82) is 0 Å². The Morgan fingerprint density at radius 3 is 2.55 bits per heavy atom. The quantitative estimate of drug-likeness (QED) is 0.805. The Morgan fingerprint density at radius 2 is 1.79 bits per heavy atom. The van der Waals surface area contributed by atoms with Gasteiger partial charge < -0.3 is 29.5 Å². The molecule has 0 radical (unpaired) electrons. The van der Waals surface area contributed by atoms with E-state index in [9.17, 15) is 9.90 Å². The number of piperidine rings is 1. The topological polar surface area (TPSA) is 80.3 Å². The number of fused-ring (bicyclic) bond motifs is 1. The smallest absolute Gasteiger partial charge is 0.415 e. The van der Waals surface area contributed by atoms with Crippen LogP contribution in [0.1, 0.15) is 12.8 Å². The number of nitrogens with zero attached hydrogens (tertiary/aromatic N) is 1. The third-order valence-corrected chi connectivity index (χ3v) is 5.28. The molecule has 2 aromatic rings. The molecule has 2 N–H and O–H groups in total. The highest BCUT2D eigenvalue weighted by atomic mass is 16.6. The molecule has 4 rings (SSSR count). The second kappa shape index (κ2) is 9.15. The summed E-state index contributed by atoms with van der Waals surface area (Å²) in [4.78, 5) is 14.0. The van der Waals surface area contributed by atoms with Crippen LogP contribution in [0.4, 0.5) is 4.79 Å². The summed E-state index contributed by atoms with van der Waals surface area (Å²) in [5.41, 5.74) is 0. The largest absolute Gasteiger partial charge is 0.486 e. The molecule has 7 nitrogen and oxygen atoms in total. The van der Waals surface area contributed by atoms with Gasteiger partial charge in [-0.3, -0.25) is 0 Å². The van der Waals surface area contributed by atoms with Gasteiger partial charge in [-0.25, -0.2) is 4.79 Å². The zero-order valence-corrected chi connectivity index (χ0v) is 16.2. The zero-order chi connectivity index (χ0) is 20.1. The molecule has 0 bridgehead atoms. The number of carbonyl (C=O) groups excluding carboxylic acids is 1. The molecule has 1 saturated heterocycles. The summed E-state index contributed by atoms with van der Waals surface area (Å²) in [6.07, 6.45) is 0.215. The summed E-state index contributed by atoms with van der Waals surface area (Å²) in [7, 11) is 0. The van der Waals surface area contributed by atoms with Gasteiger partial charge in [0, 0.05) is 25.7 Å². The van der Waals surface area contributed by atoms with Crippen LogP contribution < -0.4 is 19.5 Å². The lowest BCUT2D eigenvalue weighted by Gasteiger charge is -2.33. The summed E-state index contributed by atoms with van der Waals surface area (Å²) < 4.78 is 16.9. The maximum absolute atomic E-state index is 12.3. The maximum Gasteiger partial charge on any atom is 0.415 e. The lowest BCUT2D eigenvalue weighted by Crippen LogP contribution is -2.50. The fourth-order valence-corrected chi connectivity index (χ4v) is 3.56. The molecule has 29 heavy (non-hydrogen) atoms. The first-order valence-corrected chi connectivity index (χ1v) is 10.0. The minimum absolute atomic E-state index is 0.238. The van der Waals surface area contributed by atoms with Crippen LogP contribution in [0.5, 0.6) is 17.2 Å². The van der Waals surface area contributed by atoms with Crippen LogP contribution in [0.3, 0.4) is 0 Å². The van der Waals surface area contributed by atoms with E-state index in [1.54, 1.807) is 17.0 Å². The van der Waals surface area contributed by atoms with E-state index in [4.69, 9.17) is 14.2 Å². The highest BCUT2D eigenvalue weighted by Crippen LogP contribution is 2.31. The Kier molecular flexibility index (Phi) is 6.17. The van der Waals surface area contributed by atoms with Gasteiger partial charge >= 0.3 is 6.09 Å². The minimum atomic E-state index is -0.676. The zero-order valence-electron chi connectivity index (χ0n) is 16.2. The second-order valence-electron chi connectivity index (χ2n) is 7.33. The number of aliphatic hydroxyl groups excluding tert-OH is 1. The first-order chi connectivity index (χ1) is 14.2. The molecule has 154 valence electrons. The molecule has 2 aromatic carbocycles. The SMILES string of the molecule is O=C(Oc1ccccc1)N1CCC(NCC(O)C2COc3ccccc3O2)CC1. The summed E-state index contributed by atoms with van der Waals surface area (Å²) >= 11 is 0. The van der Waals surface area contributed by atoms with Gasteiger partial charge in [-0.1, -0.05) is 30.3 Å². The predicted octanol–water partition coefficient (Wildman–Crippen LogP) is 2.44. The van der Waals surface area contributed by atoms with Crippen LogP contribution in [-0.2, 0) is 0 Å². The number of benzene rings is 2. The van der Waals surface area contributed by atoms with Crippen molar-refractivity contribution >= 4 is 6.09 Å². The van der Waals surface area contributed by atoms with Crippen molar-refractivity contribution in [1.82, 2.24) is 10.2 Å². The van der Waals surface area contributed by atoms with Crippen LogP contribution in [0, 0.1) is 0 Å². The van der Waals surface area contributed by atoms with E-state index >= 15 is 0 Å². The molecule has 0 spiro atoms. The van der Waals surface area contributed by atoms with Gasteiger partial charge in [-0.05, 0) is 37.1 Å². The molecule has 2 heterocycles. The predicted molar refractivity (Wildman–Crippen MR) is 107 cm³/mol. The molecule has 7 heteroatoms. The van der Waals surface area contributed by atoms with Crippen molar-refractivity contribution in [3.63, 3.8) is 0 Å². The number of hydrogen-bond donors (Lipinski definition) is 2. The van der Waals surface area contributed by atoms with Gasteiger partial charge in [0.1, 0.15) is 18.5 Å². The number of nitrogens with one attached hydrogen (secondary N) is 1. The van der Waals surface area contributed by atoms with Gasteiger partial charge in [-0.15, -0.1) is 0 Å². The monoisotopic (exact) mass is 398 g/mol. The molecule has 1 fully saturated rings. The van der Waals surface area contributed by atoms with E-state index in [0.717, 1.165) is 12.8 Å². The van der Waals surface area contributed by atoms with Crippen molar-refractivity contribution in [2.75, 3.05) is 26.2 Å². The van der Waals surface area contributed by atoms with E-state index in [1.807, 2.05) is 42.5 Å². The lowest BCUT2D eigenvalue weighted by molar-refractivity contribution is -0.0109. The molecule has 2 atom stereocenters. The summed E-state index contributed by atoms with van der Waals surface area (Å²) in [5.74, 6) is 1.92. The van der Waals surface area contributed by atoms with E-state index in [1.165, 1.54) is 0 Å². The summed E-state index contributed by atoms with van der Waals surface area (Å²) in [6, 6.07) is 16.8. The standard InChI is InChI=1S/C22H26N2O5/c25-18(21-15-27-19-8-4-5-9-20(19)29-21)14-23-16-10-12-24(13-11-16)22(26)28-17-6-2-1-3-7-17/h1-9,16,18,21,23,25H,10-15H2. The Labute approximate surface area is 170 Å². The number of rotatable bonds is 5. The van der Waals surface area contributed by atoms with Gasteiger partial charge in [0.2, 0.25) is 0 Å². The number of likely N-dealkylation sites (tertiary alicyclic amines) is 1. The summed E-state index contributed by atoms with van der Waals surface area (Å²) in [6.45, 7) is 1.98. The van der Waals surface area contributed by atoms with Crippen molar-refractivity contribution in [3.05, 3.63) is 54.6 Å². The average molecular weight is 398 g/mol. The van der Waals surface area contributed by atoms with E-state index in [-0.39, 0.29) is 12.1 Å². The van der Waals surface area contributed by atoms with Crippen LogP contribution in [-0.4, -0.2) is 60.6 Å². The molecule has 1 amide bonds. The van der Waals surface area contributed by atoms with Crippen LogP contribution in [0.25, 0.3) is 0 Å². The number of aliphatic hydroxyl groups is 1. The van der Waals surface area contributed by atoms with E-state index in [2.05, 4.69) is 5.32 Å². The molecule has 0 aliphatic carbocycles. The van der Waals surface area contributed by atoms with Crippen LogP contribution in [0.15, 0.2) is 54.6 Å². The average Bonchev–Trinajstić information content (AvgIpc) is 2.78. The Morgan fingerprint density at radius 1 is 1.10 bits per heavy atom. The van der Waals surface area contributed by atoms with Crippen molar-refractivity contribution < 1.29 is 24.1 Å². The van der Waals surface area contributed by atoms with Gasteiger partial charge in [0.05, 0.1) is 0 Å². The Balaban J connectivity index is 1.19. The molecular weight excluding hydrogens is 372 g/mol. The Bertz CT molecular complexity index is 808. The van der Waals surface area contributed by atoms with E-state index in [0.29, 0.717) is 43.5 Å². The van der Waals surface area contributed by atoms with Crippen LogP contribution in [0.2, 0.25) is 0 Å². The number of ether oxygens (including phenoxy) is 3. The van der Waals surface area contributed by atoms with Gasteiger partial charge in [0.25, 0.3) is 0 Å². The number of para-hydroxylation sites is 3. The number of carbonyl (C=O) groups is 1. The highest BCUT2D eigenvalue weighted by molar-refractivity contribution is 5.70. The first kappa shape index (κ1) is 19.5.